The molecule has 0 bridgehead atoms. The summed E-state index contributed by atoms with van der Waals surface area (Å²) in [4.78, 5) is 6.61. The Morgan fingerprint density at radius 2 is 2.00 bits per heavy atom. The predicted molar refractivity (Wildman–Crippen MR) is 91.9 cm³/mol. The molecule has 0 amide bonds. The second-order valence-corrected chi connectivity index (χ2v) is 6.20. The van der Waals surface area contributed by atoms with E-state index in [2.05, 4.69) is 52.5 Å². The zero-order valence-corrected chi connectivity index (χ0v) is 13.7. The zero-order valence-electron chi connectivity index (χ0n) is 13.7. The van der Waals surface area contributed by atoms with Crippen LogP contribution >= 0.6 is 0 Å². The molecule has 1 aromatic carbocycles. The summed E-state index contributed by atoms with van der Waals surface area (Å²) in [6.45, 7) is 7.75. The van der Waals surface area contributed by atoms with Gasteiger partial charge < -0.3 is 10.1 Å². The number of benzene rings is 1. The van der Waals surface area contributed by atoms with Crippen LogP contribution in [0.4, 0.5) is 0 Å². The third-order valence-corrected chi connectivity index (χ3v) is 4.10. The minimum atomic E-state index is 0.341. The summed E-state index contributed by atoms with van der Waals surface area (Å²) < 4.78 is 5.61. The molecule has 1 aliphatic rings. The van der Waals surface area contributed by atoms with Crippen molar-refractivity contribution in [2.75, 3.05) is 19.7 Å². The Bertz CT molecular complexity index is 603. The van der Waals surface area contributed by atoms with Crippen molar-refractivity contribution in [3.63, 3.8) is 0 Å². The van der Waals surface area contributed by atoms with Crippen molar-refractivity contribution in [2.45, 2.75) is 32.7 Å². The minimum absolute atomic E-state index is 0.341. The number of ether oxygens (including phenoxy) is 1. The number of hydrogen-bond acceptors (Lipinski definition) is 4. The summed E-state index contributed by atoms with van der Waals surface area (Å²) in [5, 5.41) is 3.48. The molecule has 1 unspecified atom stereocenters. The van der Waals surface area contributed by atoms with E-state index in [0.29, 0.717) is 6.10 Å². The van der Waals surface area contributed by atoms with E-state index in [1.54, 1.807) is 6.20 Å². The van der Waals surface area contributed by atoms with Gasteiger partial charge in [-0.2, -0.15) is 0 Å². The summed E-state index contributed by atoms with van der Waals surface area (Å²) in [6, 6.07) is 12.9. The van der Waals surface area contributed by atoms with E-state index in [1.165, 1.54) is 16.7 Å². The van der Waals surface area contributed by atoms with E-state index in [9.17, 15) is 0 Å². The van der Waals surface area contributed by atoms with Crippen LogP contribution < -0.4 is 5.32 Å². The fourth-order valence-electron chi connectivity index (χ4n) is 2.98. The highest BCUT2D eigenvalue weighted by atomic mass is 16.5. The largest absolute Gasteiger partial charge is 0.376 e. The Morgan fingerprint density at radius 3 is 2.83 bits per heavy atom. The van der Waals surface area contributed by atoms with Gasteiger partial charge in [0.1, 0.15) is 0 Å². The Labute approximate surface area is 138 Å². The van der Waals surface area contributed by atoms with Gasteiger partial charge in [-0.3, -0.25) is 9.88 Å². The van der Waals surface area contributed by atoms with Gasteiger partial charge in [0.25, 0.3) is 0 Å². The highest BCUT2D eigenvalue weighted by Gasteiger charge is 2.16. The van der Waals surface area contributed by atoms with Gasteiger partial charge in [0.05, 0.1) is 12.7 Å². The van der Waals surface area contributed by atoms with E-state index in [-0.39, 0.29) is 0 Å². The number of rotatable bonds is 6. The average Bonchev–Trinajstić information content (AvgIpc) is 2.56. The number of nitrogens with one attached hydrogen (secondary N) is 1. The van der Waals surface area contributed by atoms with E-state index in [1.807, 2.05) is 12.3 Å². The average molecular weight is 311 g/mol. The van der Waals surface area contributed by atoms with E-state index >= 15 is 0 Å². The van der Waals surface area contributed by atoms with Crippen molar-refractivity contribution in [1.29, 1.82) is 0 Å². The molecule has 2 aromatic rings. The van der Waals surface area contributed by atoms with Crippen LogP contribution in [0.25, 0.3) is 0 Å². The molecule has 23 heavy (non-hydrogen) atoms. The summed E-state index contributed by atoms with van der Waals surface area (Å²) in [6.07, 6.45) is 4.05. The molecule has 1 saturated heterocycles. The number of hydrogen-bond donors (Lipinski definition) is 1. The third kappa shape index (κ3) is 5.13. The van der Waals surface area contributed by atoms with Crippen LogP contribution in [-0.4, -0.2) is 35.7 Å². The van der Waals surface area contributed by atoms with Crippen LogP contribution in [0.5, 0.6) is 0 Å². The quantitative estimate of drug-likeness (QED) is 0.890. The normalized spacial score (nSPS) is 18.9. The van der Waals surface area contributed by atoms with Gasteiger partial charge in [0.15, 0.2) is 0 Å². The maximum atomic E-state index is 5.61. The lowest BCUT2D eigenvalue weighted by molar-refractivity contribution is -0.0212. The summed E-state index contributed by atoms with van der Waals surface area (Å²) in [5.41, 5.74) is 3.92. The zero-order chi connectivity index (χ0) is 15.9. The van der Waals surface area contributed by atoms with Gasteiger partial charge >= 0.3 is 0 Å². The molecule has 1 atom stereocenters. The first-order valence-electron chi connectivity index (χ1n) is 8.31. The van der Waals surface area contributed by atoms with Crippen LogP contribution in [0.3, 0.4) is 0 Å². The molecule has 4 heteroatoms. The SMILES string of the molecule is CC1CN(Cc2cccc(CNCc3cccnc3)c2)CCO1. The second kappa shape index (κ2) is 8.20. The molecule has 1 aromatic heterocycles. The highest BCUT2D eigenvalue weighted by molar-refractivity contribution is 5.23. The van der Waals surface area contributed by atoms with Crippen LogP contribution in [0.2, 0.25) is 0 Å². The Morgan fingerprint density at radius 1 is 1.17 bits per heavy atom. The van der Waals surface area contributed by atoms with Crippen LogP contribution in [0.1, 0.15) is 23.6 Å². The number of aromatic nitrogens is 1. The fourth-order valence-corrected chi connectivity index (χ4v) is 2.98. The van der Waals surface area contributed by atoms with Gasteiger partial charge in [-0.15, -0.1) is 0 Å². The maximum absolute atomic E-state index is 5.61. The molecule has 1 N–H and O–H groups in total. The predicted octanol–water partition coefficient (Wildman–Crippen LogP) is 2.59. The first kappa shape index (κ1) is 16.1. The minimum Gasteiger partial charge on any atom is -0.376 e. The lowest BCUT2D eigenvalue weighted by Gasteiger charge is -2.31. The molecule has 3 rings (SSSR count). The molecule has 0 spiro atoms. The second-order valence-electron chi connectivity index (χ2n) is 6.20. The molecule has 122 valence electrons. The molecule has 2 heterocycles. The first-order valence-corrected chi connectivity index (χ1v) is 8.31. The Balaban J connectivity index is 1.50. The van der Waals surface area contributed by atoms with E-state index < -0.39 is 0 Å². The molecule has 1 aliphatic heterocycles. The topological polar surface area (TPSA) is 37.4 Å². The smallest absolute Gasteiger partial charge is 0.0674 e. The number of nitrogens with zero attached hydrogens (tertiary/aromatic N) is 2. The van der Waals surface area contributed by atoms with Gasteiger partial charge in [-0.25, -0.2) is 0 Å². The monoisotopic (exact) mass is 311 g/mol. The van der Waals surface area contributed by atoms with Crippen molar-refractivity contribution in [1.82, 2.24) is 15.2 Å². The van der Waals surface area contributed by atoms with Crippen molar-refractivity contribution in [3.05, 3.63) is 65.5 Å². The van der Waals surface area contributed by atoms with Crippen LogP contribution in [-0.2, 0) is 24.4 Å². The standard InChI is InChI=1S/C19H25N3O/c1-16-14-22(8-9-23-16)15-18-5-2-4-17(10-18)11-21-13-19-6-3-7-20-12-19/h2-7,10,12,16,21H,8-9,11,13-15H2,1H3. The molecular weight excluding hydrogens is 286 g/mol. The Kier molecular flexibility index (Phi) is 5.75. The summed E-state index contributed by atoms with van der Waals surface area (Å²) in [5.74, 6) is 0. The number of pyridine rings is 1. The molecule has 4 nitrogen and oxygen atoms in total. The van der Waals surface area contributed by atoms with Crippen molar-refractivity contribution < 1.29 is 4.74 Å². The van der Waals surface area contributed by atoms with Crippen molar-refractivity contribution >= 4 is 0 Å². The van der Waals surface area contributed by atoms with Gasteiger partial charge in [0.2, 0.25) is 0 Å². The maximum Gasteiger partial charge on any atom is 0.0674 e. The van der Waals surface area contributed by atoms with E-state index in [0.717, 1.165) is 39.3 Å². The summed E-state index contributed by atoms with van der Waals surface area (Å²) in [7, 11) is 0. The van der Waals surface area contributed by atoms with E-state index in [4.69, 9.17) is 4.74 Å². The molecule has 0 saturated carbocycles. The van der Waals surface area contributed by atoms with Gasteiger partial charge in [0, 0.05) is 45.1 Å². The Hall–Kier alpha value is -1.75. The van der Waals surface area contributed by atoms with Gasteiger partial charge in [-0.1, -0.05) is 30.3 Å². The third-order valence-electron chi connectivity index (χ3n) is 4.10. The number of morpholine rings is 1. The fraction of sp³-hybridized carbons (Fsp3) is 0.421. The van der Waals surface area contributed by atoms with Crippen LogP contribution in [0, 0.1) is 0 Å². The molecule has 0 aliphatic carbocycles. The molecule has 1 fully saturated rings. The molecular formula is C19H25N3O. The highest BCUT2D eigenvalue weighted by Crippen LogP contribution is 2.12. The summed E-state index contributed by atoms with van der Waals surface area (Å²) >= 11 is 0. The van der Waals surface area contributed by atoms with Crippen LogP contribution in [0.15, 0.2) is 48.8 Å². The lowest BCUT2D eigenvalue weighted by atomic mass is 10.1. The van der Waals surface area contributed by atoms with Crippen molar-refractivity contribution in [3.8, 4) is 0 Å². The lowest BCUT2D eigenvalue weighted by Crippen LogP contribution is -2.40. The first-order chi connectivity index (χ1) is 11.3. The molecule has 0 radical (unpaired) electrons. The van der Waals surface area contributed by atoms with Gasteiger partial charge in [-0.05, 0) is 29.7 Å². The van der Waals surface area contributed by atoms with Crippen molar-refractivity contribution in [2.24, 2.45) is 0 Å².